The number of benzene rings is 2. The number of hydrogen-bond acceptors (Lipinski definition) is 5. The van der Waals surface area contributed by atoms with Gasteiger partial charge in [0.05, 0.1) is 12.8 Å². The van der Waals surface area contributed by atoms with Crippen LogP contribution in [0.25, 0.3) is 11.0 Å². The summed E-state index contributed by atoms with van der Waals surface area (Å²) in [5.74, 6) is 0.238. The zero-order valence-electron chi connectivity index (χ0n) is 14.9. The van der Waals surface area contributed by atoms with Gasteiger partial charge in [0.2, 0.25) is 5.75 Å². The lowest BCUT2D eigenvalue weighted by Gasteiger charge is -2.36. The molecule has 0 bridgehead atoms. The van der Waals surface area contributed by atoms with Crippen molar-refractivity contribution in [2.75, 3.05) is 38.2 Å². The number of nitrogens with zero attached hydrogens (tertiary/aromatic N) is 2. The van der Waals surface area contributed by atoms with Crippen LogP contribution in [-0.4, -0.2) is 38.2 Å². The third kappa shape index (κ3) is 3.30. The standard InChI is InChI=1S/C21H22N2O3/c1-25-19-14-17-8-5-9-18(20(17)26-21(19)24)23-12-10-22(11-13-23)15-16-6-3-2-4-7-16/h2-9,14H,10-13,15H2,1H3. The van der Waals surface area contributed by atoms with E-state index >= 15 is 0 Å². The predicted molar refractivity (Wildman–Crippen MR) is 103 cm³/mol. The molecule has 2 heterocycles. The predicted octanol–water partition coefficient (Wildman–Crippen LogP) is 3.12. The molecule has 0 radical (unpaired) electrons. The molecule has 1 saturated heterocycles. The molecule has 5 heteroatoms. The van der Waals surface area contributed by atoms with Crippen LogP contribution in [0.4, 0.5) is 5.69 Å². The molecule has 2 aromatic carbocycles. The lowest BCUT2D eigenvalue weighted by molar-refractivity contribution is 0.250. The van der Waals surface area contributed by atoms with Crippen LogP contribution in [0.3, 0.4) is 0 Å². The summed E-state index contributed by atoms with van der Waals surface area (Å²) in [7, 11) is 1.48. The van der Waals surface area contributed by atoms with Crippen LogP contribution in [0.15, 0.2) is 63.8 Å². The summed E-state index contributed by atoms with van der Waals surface area (Å²) in [5, 5.41) is 0.880. The minimum Gasteiger partial charge on any atom is -0.490 e. The van der Waals surface area contributed by atoms with Crippen LogP contribution in [0.2, 0.25) is 0 Å². The molecule has 0 spiro atoms. The van der Waals surface area contributed by atoms with E-state index in [1.165, 1.54) is 12.7 Å². The molecule has 1 aliphatic rings. The molecule has 1 aromatic heterocycles. The summed E-state index contributed by atoms with van der Waals surface area (Å²) in [5.41, 5.74) is 2.51. The van der Waals surface area contributed by atoms with Crippen molar-refractivity contribution in [2.24, 2.45) is 0 Å². The minimum absolute atomic E-state index is 0.238. The summed E-state index contributed by atoms with van der Waals surface area (Å²) in [6, 6.07) is 18.2. The molecule has 0 unspecified atom stereocenters. The first-order chi connectivity index (χ1) is 12.7. The quantitative estimate of drug-likeness (QED) is 0.677. The molecule has 1 aliphatic heterocycles. The maximum absolute atomic E-state index is 12.0. The van der Waals surface area contributed by atoms with Crippen molar-refractivity contribution in [1.29, 1.82) is 0 Å². The molecular formula is C21H22N2O3. The van der Waals surface area contributed by atoms with Gasteiger partial charge in [-0.3, -0.25) is 4.90 Å². The Labute approximate surface area is 152 Å². The Bertz CT molecular complexity index is 944. The Morgan fingerprint density at radius 2 is 1.77 bits per heavy atom. The number of ether oxygens (including phenoxy) is 1. The van der Waals surface area contributed by atoms with E-state index in [1.54, 1.807) is 6.07 Å². The first-order valence-electron chi connectivity index (χ1n) is 8.87. The zero-order chi connectivity index (χ0) is 17.9. The number of anilines is 1. The molecule has 0 atom stereocenters. The fourth-order valence-electron chi connectivity index (χ4n) is 3.49. The smallest absolute Gasteiger partial charge is 0.379 e. The summed E-state index contributed by atoms with van der Waals surface area (Å²) < 4.78 is 10.6. The maximum Gasteiger partial charge on any atom is 0.379 e. The van der Waals surface area contributed by atoms with Gasteiger partial charge < -0.3 is 14.1 Å². The van der Waals surface area contributed by atoms with Gasteiger partial charge in [0.15, 0.2) is 5.58 Å². The number of methoxy groups -OCH3 is 1. The van der Waals surface area contributed by atoms with E-state index in [4.69, 9.17) is 9.15 Å². The second kappa shape index (κ2) is 7.22. The van der Waals surface area contributed by atoms with E-state index in [0.717, 1.165) is 43.8 Å². The van der Waals surface area contributed by atoms with Crippen LogP contribution in [0.1, 0.15) is 5.56 Å². The number of fused-ring (bicyclic) bond motifs is 1. The molecule has 3 aromatic rings. The lowest BCUT2D eigenvalue weighted by Crippen LogP contribution is -2.46. The van der Waals surface area contributed by atoms with E-state index in [9.17, 15) is 4.79 Å². The first-order valence-corrected chi connectivity index (χ1v) is 8.87. The molecule has 4 rings (SSSR count). The number of hydrogen-bond donors (Lipinski definition) is 0. The van der Waals surface area contributed by atoms with Crippen molar-refractivity contribution >= 4 is 16.7 Å². The van der Waals surface area contributed by atoms with Gasteiger partial charge in [-0.25, -0.2) is 4.79 Å². The third-order valence-corrected chi connectivity index (χ3v) is 4.89. The van der Waals surface area contributed by atoms with Gasteiger partial charge in [0, 0.05) is 38.1 Å². The van der Waals surface area contributed by atoms with Crippen molar-refractivity contribution in [3.05, 3.63) is 70.6 Å². The molecule has 0 aliphatic carbocycles. The van der Waals surface area contributed by atoms with Crippen LogP contribution in [-0.2, 0) is 6.54 Å². The Balaban J connectivity index is 1.52. The van der Waals surface area contributed by atoms with Gasteiger partial charge in [-0.15, -0.1) is 0 Å². The lowest BCUT2D eigenvalue weighted by atomic mass is 10.1. The number of rotatable bonds is 4. The topological polar surface area (TPSA) is 45.9 Å². The van der Waals surface area contributed by atoms with Crippen molar-refractivity contribution in [3.8, 4) is 5.75 Å². The fraction of sp³-hybridized carbons (Fsp3) is 0.286. The Hall–Kier alpha value is -2.79. The summed E-state index contributed by atoms with van der Waals surface area (Å²) in [6.45, 7) is 4.73. The van der Waals surface area contributed by atoms with E-state index < -0.39 is 5.63 Å². The summed E-state index contributed by atoms with van der Waals surface area (Å²) >= 11 is 0. The second-order valence-electron chi connectivity index (χ2n) is 6.55. The third-order valence-electron chi connectivity index (χ3n) is 4.89. The molecule has 5 nitrogen and oxygen atoms in total. The Morgan fingerprint density at radius 1 is 1.00 bits per heavy atom. The molecule has 0 saturated carbocycles. The molecular weight excluding hydrogens is 328 g/mol. The van der Waals surface area contributed by atoms with Crippen molar-refractivity contribution in [1.82, 2.24) is 4.90 Å². The monoisotopic (exact) mass is 350 g/mol. The highest BCUT2D eigenvalue weighted by Gasteiger charge is 2.20. The Morgan fingerprint density at radius 3 is 2.50 bits per heavy atom. The highest BCUT2D eigenvalue weighted by molar-refractivity contribution is 5.89. The molecule has 0 N–H and O–H groups in total. The van der Waals surface area contributed by atoms with E-state index in [2.05, 4.69) is 34.1 Å². The summed E-state index contributed by atoms with van der Waals surface area (Å²) in [6.07, 6.45) is 0. The van der Waals surface area contributed by atoms with Crippen LogP contribution < -0.4 is 15.3 Å². The van der Waals surface area contributed by atoms with Crippen LogP contribution >= 0.6 is 0 Å². The van der Waals surface area contributed by atoms with Gasteiger partial charge in [0.25, 0.3) is 0 Å². The largest absolute Gasteiger partial charge is 0.490 e. The van der Waals surface area contributed by atoms with Crippen LogP contribution in [0.5, 0.6) is 5.75 Å². The fourth-order valence-corrected chi connectivity index (χ4v) is 3.49. The van der Waals surface area contributed by atoms with Gasteiger partial charge in [0.1, 0.15) is 0 Å². The number of para-hydroxylation sites is 1. The highest BCUT2D eigenvalue weighted by atomic mass is 16.5. The van der Waals surface area contributed by atoms with Gasteiger partial charge in [-0.05, 0) is 17.7 Å². The normalized spacial score (nSPS) is 15.3. The van der Waals surface area contributed by atoms with Crippen molar-refractivity contribution < 1.29 is 9.15 Å². The average molecular weight is 350 g/mol. The zero-order valence-corrected chi connectivity index (χ0v) is 14.9. The molecule has 134 valence electrons. The van der Waals surface area contributed by atoms with Crippen molar-refractivity contribution in [2.45, 2.75) is 6.54 Å². The first kappa shape index (κ1) is 16.7. The molecule has 26 heavy (non-hydrogen) atoms. The molecule has 1 fully saturated rings. The van der Waals surface area contributed by atoms with Gasteiger partial charge >= 0.3 is 5.63 Å². The average Bonchev–Trinajstić information content (AvgIpc) is 2.68. The van der Waals surface area contributed by atoms with E-state index in [0.29, 0.717) is 5.58 Å². The minimum atomic E-state index is -0.435. The Kier molecular flexibility index (Phi) is 4.63. The van der Waals surface area contributed by atoms with Gasteiger partial charge in [-0.2, -0.15) is 0 Å². The SMILES string of the molecule is COc1cc2cccc(N3CCN(Cc4ccccc4)CC3)c2oc1=O. The second-order valence-corrected chi connectivity index (χ2v) is 6.55. The summed E-state index contributed by atoms with van der Waals surface area (Å²) in [4.78, 5) is 16.8. The molecule has 0 amide bonds. The van der Waals surface area contributed by atoms with Gasteiger partial charge in [-0.1, -0.05) is 42.5 Å². The highest BCUT2D eigenvalue weighted by Crippen LogP contribution is 2.28. The van der Waals surface area contributed by atoms with E-state index in [1.807, 2.05) is 24.3 Å². The maximum atomic E-state index is 12.0. The van der Waals surface area contributed by atoms with E-state index in [-0.39, 0.29) is 5.75 Å². The van der Waals surface area contributed by atoms with Crippen LogP contribution in [0, 0.1) is 0 Å². The number of piperazine rings is 1. The van der Waals surface area contributed by atoms with Crippen molar-refractivity contribution in [3.63, 3.8) is 0 Å².